The molecule has 11 nitrogen and oxygen atoms in total. The number of hydrogen-bond donors (Lipinski definition) is 3. The number of hydrazine groups is 1. The van der Waals surface area contributed by atoms with Gasteiger partial charge in [0.2, 0.25) is 10.0 Å². The number of rotatable bonds is 16. The van der Waals surface area contributed by atoms with E-state index in [2.05, 4.69) is 10.1 Å². The molecule has 0 saturated carbocycles. The van der Waals surface area contributed by atoms with Gasteiger partial charge in [0.1, 0.15) is 11.6 Å². The van der Waals surface area contributed by atoms with Crippen LogP contribution in [0.5, 0.6) is 0 Å². The third-order valence-electron chi connectivity index (χ3n) is 6.89. The molecule has 2 aromatic rings. The SMILES string of the molecule is CCCN(CCC)C(=O)c1cc(C(=O)NC(Cc2cc(F)cc(F)c2)C(O)CN(C)NS(=O)(=O)C(C)C)cc(C(=O)N(C)C)c1. The van der Waals surface area contributed by atoms with Gasteiger partial charge in [-0.3, -0.25) is 14.4 Å². The number of carbonyl (C=O) groups excluding carboxylic acids is 3. The van der Waals surface area contributed by atoms with Crippen LogP contribution in [0.1, 0.15) is 77.2 Å². The second-order valence-electron chi connectivity index (χ2n) is 11.5. The summed E-state index contributed by atoms with van der Waals surface area (Å²) in [6.07, 6.45) is -0.248. The molecule has 0 fully saturated rings. The number of likely N-dealkylation sites (N-methyl/N-ethyl adjacent to an activating group) is 1. The summed E-state index contributed by atoms with van der Waals surface area (Å²) in [6.45, 7) is 7.47. The Balaban J connectivity index is 2.51. The highest BCUT2D eigenvalue weighted by Gasteiger charge is 2.28. The van der Waals surface area contributed by atoms with Crippen LogP contribution in [0.15, 0.2) is 36.4 Å². The van der Waals surface area contributed by atoms with Crippen LogP contribution >= 0.6 is 0 Å². The highest BCUT2D eigenvalue weighted by Crippen LogP contribution is 2.18. The zero-order chi connectivity index (χ0) is 34.1. The molecule has 3 amide bonds. The summed E-state index contributed by atoms with van der Waals surface area (Å²) in [7, 11) is 0.705. The van der Waals surface area contributed by atoms with Gasteiger partial charge < -0.3 is 20.2 Å². The molecule has 2 aromatic carbocycles. The zero-order valence-electron chi connectivity index (χ0n) is 26.9. The highest BCUT2D eigenvalue weighted by molar-refractivity contribution is 7.90. The molecule has 0 aliphatic rings. The van der Waals surface area contributed by atoms with E-state index in [9.17, 15) is 36.7 Å². The van der Waals surface area contributed by atoms with Gasteiger partial charge in [-0.15, -0.1) is 4.83 Å². The average Bonchev–Trinajstić information content (AvgIpc) is 2.94. The number of sulfonamides is 1. The number of amides is 3. The number of hydrogen-bond acceptors (Lipinski definition) is 7. The summed E-state index contributed by atoms with van der Waals surface area (Å²) in [4.78, 5) is 45.3. The number of aliphatic hydroxyl groups is 1. The van der Waals surface area contributed by atoms with Gasteiger partial charge in [-0.2, -0.15) is 0 Å². The minimum absolute atomic E-state index is 0.0458. The number of halogens is 2. The van der Waals surface area contributed by atoms with Crippen LogP contribution in [0.4, 0.5) is 8.78 Å². The summed E-state index contributed by atoms with van der Waals surface area (Å²) < 4.78 is 52.7. The van der Waals surface area contributed by atoms with Gasteiger partial charge >= 0.3 is 0 Å². The van der Waals surface area contributed by atoms with Crippen LogP contribution < -0.4 is 10.1 Å². The third kappa shape index (κ3) is 11.1. The highest BCUT2D eigenvalue weighted by atomic mass is 32.2. The van der Waals surface area contributed by atoms with Crippen LogP contribution in [-0.2, 0) is 16.4 Å². The molecule has 2 atom stereocenters. The molecule has 0 aromatic heterocycles. The van der Waals surface area contributed by atoms with Crippen molar-refractivity contribution in [2.75, 3.05) is 40.8 Å². The molecule has 0 heterocycles. The smallest absolute Gasteiger partial charge is 0.253 e. The van der Waals surface area contributed by atoms with Crippen LogP contribution in [0.2, 0.25) is 0 Å². The lowest BCUT2D eigenvalue weighted by atomic mass is 9.99. The lowest BCUT2D eigenvalue weighted by molar-refractivity contribution is 0.0687. The molecule has 0 saturated heterocycles. The molecule has 250 valence electrons. The monoisotopic (exact) mass is 653 g/mol. The third-order valence-corrected chi connectivity index (χ3v) is 8.70. The molecule has 2 unspecified atom stereocenters. The van der Waals surface area contributed by atoms with E-state index >= 15 is 0 Å². The van der Waals surface area contributed by atoms with Crippen molar-refractivity contribution in [3.63, 3.8) is 0 Å². The maximum Gasteiger partial charge on any atom is 0.253 e. The number of nitrogens with zero attached hydrogens (tertiary/aromatic N) is 3. The molecule has 0 aliphatic carbocycles. The summed E-state index contributed by atoms with van der Waals surface area (Å²) in [5.74, 6) is -3.27. The standard InChI is InChI=1S/C31H45F2N5O6S/c1-8-10-38(11-9-2)31(42)24-16-22(15-23(17-24)30(41)36(5)6)29(40)34-27(14-21-12-25(32)18-26(33)13-21)28(39)19-37(7)35-45(43,44)20(3)4/h12-13,15-18,20,27-28,35,39H,8-11,14,19H2,1-7H3,(H,34,40). The van der Waals surface area contributed by atoms with Crippen molar-refractivity contribution in [2.45, 2.75) is 64.4 Å². The van der Waals surface area contributed by atoms with Gasteiger partial charge in [0.15, 0.2) is 0 Å². The van der Waals surface area contributed by atoms with Gasteiger partial charge in [0.05, 0.1) is 17.4 Å². The van der Waals surface area contributed by atoms with Crippen molar-refractivity contribution >= 4 is 27.7 Å². The summed E-state index contributed by atoms with van der Waals surface area (Å²) in [5, 5.41) is 14.2. The Labute approximate surface area is 264 Å². The molecule has 0 spiro atoms. The van der Waals surface area contributed by atoms with E-state index in [-0.39, 0.29) is 41.1 Å². The second kappa shape index (κ2) is 16.7. The minimum atomic E-state index is -3.75. The molecule has 0 bridgehead atoms. The van der Waals surface area contributed by atoms with Gasteiger partial charge in [0.25, 0.3) is 17.7 Å². The van der Waals surface area contributed by atoms with E-state index < -0.39 is 50.9 Å². The maximum atomic E-state index is 14.0. The Morgan fingerprint density at radius 1 is 0.844 bits per heavy atom. The molecular formula is C31H45F2N5O6S. The molecule has 0 radical (unpaired) electrons. The second-order valence-corrected chi connectivity index (χ2v) is 13.7. The number of aliphatic hydroxyl groups excluding tert-OH is 1. The number of nitrogens with one attached hydrogen (secondary N) is 2. The van der Waals surface area contributed by atoms with E-state index in [1.165, 1.54) is 58.1 Å². The van der Waals surface area contributed by atoms with Gasteiger partial charge in [0, 0.05) is 63.5 Å². The lowest BCUT2D eigenvalue weighted by Crippen LogP contribution is -2.52. The van der Waals surface area contributed by atoms with Crippen LogP contribution in [0.25, 0.3) is 0 Å². The normalized spacial score (nSPS) is 13.1. The van der Waals surface area contributed by atoms with E-state index in [1.54, 1.807) is 4.90 Å². The number of carbonyl (C=O) groups is 3. The van der Waals surface area contributed by atoms with Crippen molar-refractivity contribution in [3.05, 3.63) is 70.3 Å². The lowest BCUT2D eigenvalue weighted by Gasteiger charge is -2.29. The Morgan fingerprint density at radius 3 is 1.84 bits per heavy atom. The summed E-state index contributed by atoms with van der Waals surface area (Å²) in [5.41, 5.74) is 0.304. The van der Waals surface area contributed by atoms with E-state index in [0.29, 0.717) is 32.0 Å². The average molecular weight is 654 g/mol. The van der Waals surface area contributed by atoms with Crippen molar-refractivity contribution in [3.8, 4) is 0 Å². The van der Waals surface area contributed by atoms with E-state index in [4.69, 9.17) is 0 Å². The first kappa shape index (κ1) is 37.7. The summed E-state index contributed by atoms with van der Waals surface area (Å²) >= 11 is 0. The molecule has 3 N–H and O–H groups in total. The molecular weight excluding hydrogens is 608 g/mol. The first-order chi connectivity index (χ1) is 21.0. The number of benzene rings is 2. The minimum Gasteiger partial charge on any atom is -0.390 e. The Bertz CT molecular complexity index is 1430. The van der Waals surface area contributed by atoms with Crippen LogP contribution in [0.3, 0.4) is 0 Å². The zero-order valence-corrected chi connectivity index (χ0v) is 27.7. The van der Waals surface area contributed by atoms with Crippen LogP contribution in [0, 0.1) is 11.6 Å². The van der Waals surface area contributed by atoms with Gasteiger partial charge in [-0.25, -0.2) is 22.2 Å². The first-order valence-electron chi connectivity index (χ1n) is 14.8. The predicted molar refractivity (Wildman–Crippen MR) is 168 cm³/mol. The van der Waals surface area contributed by atoms with E-state index in [0.717, 1.165) is 17.1 Å². The predicted octanol–water partition coefficient (Wildman–Crippen LogP) is 2.81. The largest absolute Gasteiger partial charge is 0.390 e. The maximum absolute atomic E-state index is 14.0. The van der Waals surface area contributed by atoms with Gasteiger partial charge in [-0.1, -0.05) is 13.8 Å². The Kier molecular flexibility index (Phi) is 14.0. The van der Waals surface area contributed by atoms with Crippen molar-refractivity contribution < 1.29 is 36.7 Å². The van der Waals surface area contributed by atoms with Crippen molar-refractivity contribution in [1.29, 1.82) is 0 Å². The topological polar surface area (TPSA) is 139 Å². The Morgan fingerprint density at radius 2 is 1.36 bits per heavy atom. The van der Waals surface area contributed by atoms with Crippen molar-refractivity contribution in [1.82, 2.24) is 25.0 Å². The van der Waals surface area contributed by atoms with Crippen LogP contribution in [-0.4, -0.2) is 104 Å². The molecule has 45 heavy (non-hydrogen) atoms. The molecule has 0 aliphatic heterocycles. The fourth-order valence-electron chi connectivity index (χ4n) is 4.59. The van der Waals surface area contributed by atoms with Crippen molar-refractivity contribution in [2.24, 2.45) is 0 Å². The van der Waals surface area contributed by atoms with Gasteiger partial charge in [-0.05, 0) is 69.0 Å². The molecule has 14 heteroatoms. The fourth-order valence-corrected chi connectivity index (χ4v) is 5.31. The molecule has 2 rings (SSSR count). The summed E-state index contributed by atoms with van der Waals surface area (Å²) in [6, 6.07) is 5.75. The quantitative estimate of drug-likeness (QED) is 0.237. The Hall–Kier alpha value is -3.46. The fraction of sp³-hybridized carbons (Fsp3) is 0.516. The first-order valence-corrected chi connectivity index (χ1v) is 16.4. The van der Waals surface area contributed by atoms with E-state index in [1.807, 2.05) is 13.8 Å².